The summed E-state index contributed by atoms with van der Waals surface area (Å²) >= 11 is 3.42. The predicted molar refractivity (Wildman–Crippen MR) is 76.3 cm³/mol. The summed E-state index contributed by atoms with van der Waals surface area (Å²) in [6.07, 6.45) is 3.34. The van der Waals surface area contributed by atoms with E-state index in [-0.39, 0.29) is 6.04 Å². The molecule has 0 saturated heterocycles. The molecule has 2 aromatic rings. The van der Waals surface area contributed by atoms with Gasteiger partial charge in [0.05, 0.1) is 0 Å². The average molecular weight is 306 g/mol. The first kappa shape index (κ1) is 13.2. The fraction of sp³-hybridized carbons (Fsp3) is 0.286. The van der Waals surface area contributed by atoms with Gasteiger partial charge in [-0.15, -0.1) is 0 Å². The minimum atomic E-state index is 0.125. The fourth-order valence-electron chi connectivity index (χ4n) is 1.75. The zero-order chi connectivity index (χ0) is 13.0. The number of aromatic nitrogens is 2. The van der Waals surface area contributed by atoms with Crippen LogP contribution < -0.4 is 5.73 Å². The Balaban J connectivity index is 2.11. The van der Waals surface area contributed by atoms with Gasteiger partial charge in [0.15, 0.2) is 0 Å². The van der Waals surface area contributed by atoms with E-state index < -0.39 is 0 Å². The lowest BCUT2D eigenvalue weighted by atomic mass is 10.1. The molecule has 1 unspecified atom stereocenters. The maximum atomic E-state index is 5.78. The molecule has 4 heteroatoms. The Labute approximate surface area is 116 Å². The number of hydrogen-bond acceptors (Lipinski definition) is 3. The third-order valence-corrected chi connectivity index (χ3v) is 3.10. The molecule has 2 rings (SSSR count). The third kappa shape index (κ3) is 3.89. The van der Waals surface area contributed by atoms with E-state index in [2.05, 4.69) is 38.0 Å². The van der Waals surface area contributed by atoms with Crippen molar-refractivity contribution in [1.29, 1.82) is 0 Å². The summed E-state index contributed by atoms with van der Waals surface area (Å²) in [4.78, 5) is 8.83. The lowest BCUT2D eigenvalue weighted by Gasteiger charge is -2.06. The summed E-state index contributed by atoms with van der Waals surface area (Å²) in [5.41, 5.74) is 7.99. The lowest BCUT2D eigenvalue weighted by Crippen LogP contribution is -2.19. The van der Waals surface area contributed by atoms with Crippen LogP contribution in [0.15, 0.2) is 41.0 Å². The van der Waals surface area contributed by atoms with Gasteiger partial charge in [-0.1, -0.05) is 28.1 Å². The van der Waals surface area contributed by atoms with Crippen LogP contribution in [0.2, 0.25) is 0 Å². The zero-order valence-electron chi connectivity index (χ0n) is 10.3. The van der Waals surface area contributed by atoms with Crippen LogP contribution in [0.5, 0.6) is 0 Å². The first-order chi connectivity index (χ1) is 8.63. The highest BCUT2D eigenvalue weighted by Gasteiger charge is 2.03. The second kappa shape index (κ2) is 6.07. The second-order valence-electron chi connectivity index (χ2n) is 4.45. The van der Waals surface area contributed by atoms with Gasteiger partial charge in [-0.05, 0) is 30.7 Å². The maximum Gasteiger partial charge on any atom is 0.132 e. The van der Waals surface area contributed by atoms with E-state index in [1.807, 2.05) is 25.1 Å². The molecule has 1 aromatic heterocycles. The van der Waals surface area contributed by atoms with Gasteiger partial charge < -0.3 is 5.73 Å². The number of hydrogen-bond donors (Lipinski definition) is 1. The highest BCUT2D eigenvalue weighted by molar-refractivity contribution is 9.10. The number of nitrogens with zero attached hydrogens (tertiary/aromatic N) is 2. The Morgan fingerprint density at radius 3 is 2.61 bits per heavy atom. The fourth-order valence-corrected chi connectivity index (χ4v) is 2.02. The van der Waals surface area contributed by atoms with E-state index in [9.17, 15) is 0 Å². The van der Waals surface area contributed by atoms with Crippen LogP contribution in [-0.4, -0.2) is 16.0 Å². The molecule has 0 aliphatic rings. The van der Waals surface area contributed by atoms with Crippen molar-refractivity contribution in [1.82, 2.24) is 9.97 Å². The van der Waals surface area contributed by atoms with E-state index in [1.54, 1.807) is 6.20 Å². The van der Waals surface area contributed by atoms with E-state index in [0.29, 0.717) is 0 Å². The Bertz CT molecular complexity index is 509. The van der Waals surface area contributed by atoms with Crippen molar-refractivity contribution < 1.29 is 0 Å². The molecule has 1 atom stereocenters. The van der Waals surface area contributed by atoms with E-state index in [0.717, 1.165) is 28.8 Å². The summed E-state index contributed by atoms with van der Waals surface area (Å²) in [5.74, 6) is 0.843. The van der Waals surface area contributed by atoms with E-state index >= 15 is 0 Å². The summed E-state index contributed by atoms with van der Waals surface area (Å²) in [6, 6.07) is 10.3. The van der Waals surface area contributed by atoms with Crippen molar-refractivity contribution in [3.8, 4) is 0 Å². The van der Waals surface area contributed by atoms with Crippen molar-refractivity contribution >= 4 is 15.9 Å². The lowest BCUT2D eigenvalue weighted by molar-refractivity contribution is 0.713. The van der Waals surface area contributed by atoms with Crippen molar-refractivity contribution in [3.05, 3.63) is 58.1 Å². The average Bonchev–Trinajstić information content (AvgIpc) is 2.32. The molecule has 1 heterocycles. The molecule has 0 amide bonds. The largest absolute Gasteiger partial charge is 0.328 e. The van der Waals surface area contributed by atoms with Crippen LogP contribution >= 0.6 is 15.9 Å². The summed E-state index contributed by atoms with van der Waals surface area (Å²) in [5, 5.41) is 0. The molecule has 0 radical (unpaired) electrons. The maximum absolute atomic E-state index is 5.78. The summed E-state index contributed by atoms with van der Waals surface area (Å²) in [6.45, 7) is 1.98. The number of benzene rings is 1. The van der Waals surface area contributed by atoms with Gasteiger partial charge in [-0.3, -0.25) is 0 Å². The van der Waals surface area contributed by atoms with Crippen LogP contribution in [0.25, 0.3) is 0 Å². The highest BCUT2D eigenvalue weighted by Crippen LogP contribution is 2.12. The minimum absolute atomic E-state index is 0.125. The van der Waals surface area contributed by atoms with Gasteiger partial charge in [-0.25, -0.2) is 9.97 Å². The number of halogens is 1. The molecular weight excluding hydrogens is 290 g/mol. The molecule has 0 spiro atoms. The van der Waals surface area contributed by atoms with Crippen molar-refractivity contribution in [2.75, 3.05) is 0 Å². The van der Waals surface area contributed by atoms with E-state index in [1.165, 1.54) is 5.56 Å². The Morgan fingerprint density at radius 1 is 1.22 bits per heavy atom. The predicted octanol–water partition coefficient (Wildman–Crippen LogP) is 2.72. The number of nitrogens with two attached hydrogens (primary N) is 1. The molecule has 0 bridgehead atoms. The van der Waals surface area contributed by atoms with Crippen LogP contribution in [0.1, 0.15) is 24.0 Å². The SMILES string of the molecule is CC(N)Cc1ccnc(Cc2ccc(Br)cc2)n1. The molecule has 0 fully saturated rings. The zero-order valence-corrected chi connectivity index (χ0v) is 11.9. The van der Waals surface area contributed by atoms with Crippen LogP contribution in [0.3, 0.4) is 0 Å². The van der Waals surface area contributed by atoms with Crippen molar-refractivity contribution in [3.63, 3.8) is 0 Å². The van der Waals surface area contributed by atoms with Gasteiger partial charge in [0.1, 0.15) is 5.82 Å². The highest BCUT2D eigenvalue weighted by atomic mass is 79.9. The van der Waals surface area contributed by atoms with Crippen molar-refractivity contribution in [2.24, 2.45) is 5.73 Å². The molecule has 94 valence electrons. The standard InChI is InChI=1S/C14H16BrN3/c1-10(16)8-13-6-7-17-14(18-13)9-11-2-4-12(15)5-3-11/h2-7,10H,8-9,16H2,1H3. The first-order valence-corrected chi connectivity index (χ1v) is 6.73. The molecule has 0 aliphatic heterocycles. The molecule has 3 nitrogen and oxygen atoms in total. The Morgan fingerprint density at radius 2 is 1.94 bits per heavy atom. The molecule has 2 N–H and O–H groups in total. The normalized spacial score (nSPS) is 12.4. The minimum Gasteiger partial charge on any atom is -0.328 e. The molecule has 0 aliphatic carbocycles. The summed E-state index contributed by atoms with van der Waals surface area (Å²) in [7, 11) is 0. The smallest absolute Gasteiger partial charge is 0.132 e. The summed E-state index contributed by atoms with van der Waals surface area (Å²) < 4.78 is 1.08. The quantitative estimate of drug-likeness (QED) is 0.945. The molecule has 0 saturated carbocycles. The Kier molecular flexibility index (Phi) is 4.44. The monoisotopic (exact) mass is 305 g/mol. The van der Waals surface area contributed by atoms with Crippen LogP contribution in [-0.2, 0) is 12.8 Å². The topological polar surface area (TPSA) is 51.8 Å². The van der Waals surface area contributed by atoms with Crippen molar-refractivity contribution in [2.45, 2.75) is 25.8 Å². The van der Waals surface area contributed by atoms with Gasteiger partial charge in [-0.2, -0.15) is 0 Å². The van der Waals surface area contributed by atoms with Gasteiger partial charge in [0, 0.05) is 35.2 Å². The van der Waals surface area contributed by atoms with Gasteiger partial charge in [0.25, 0.3) is 0 Å². The third-order valence-electron chi connectivity index (χ3n) is 2.57. The Hall–Kier alpha value is -1.26. The van der Waals surface area contributed by atoms with E-state index in [4.69, 9.17) is 5.73 Å². The molecule has 18 heavy (non-hydrogen) atoms. The van der Waals surface area contributed by atoms with Gasteiger partial charge >= 0.3 is 0 Å². The molecule has 1 aromatic carbocycles. The second-order valence-corrected chi connectivity index (χ2v) is 5.36. The molecular formula is C14H16BrN3. The number of rotatable bonds is 4. The first-order valence-electron chi connectivity index (χ1n) is 5.94. The van der Waals surface area contributed by atoms with Crippen LogP contribution in [0.4, 0.5) is 0 Å². The van der Waals surface area contributed by atoms with Crippen LogP contribution in [0, 0.1) is 0 Å². The van der Waals surface area contributed by atoms with Gasteiger partial charge in [0.2, 0.25) is 0 Å².